The van der Waals surface area contributed by atoms with Crippen molar-refractivity contribution in [2.24, 2.45) is 0 Å². The Hall–Kier alpha value is -3.15. The minimum Gasteiger partial charge on any atom is -0.297 e. The summed E-state index contributed by atoms with van der Waals surface area (Å²) >= 11 is 5.19. The van der Waals surface area contributed by atoms with Gasteiger partial charge >= 0.3 is 0 Å². The molecular formula is C33H31BrN2OS. The van der Waals surface area contributed by atoms with Gasteiger partial charge in [0.1, 0.15) is 5.52 Å². The molecule has 0 aliphatic rings. The first-order valence-corrected chi connectivity index (χ1v) is 14.3. The molecule has 3 nitrogen and oxygen atoms in total. The van der Waals surface area contributed by atoms with Crippen LogP contribution in [0.5, 0.6) is 0 Å². The highest BCUT2D eigenvalue weighted by Gasteiger charge is 2.20. The van der Waals surface area contributed by atoms with E-state index in [2.05, 4.69) is 106 Å². The number of nitrogens with zero attached hydrogens (tertiary/aromatic N) is 2. The summed E-state index contributed by atoms with van der Waals surface area (Å²) in [4.78, 5) is 23.6. The van der Waals surface area contributed by atoms with E-state index in [1.54, 1.807) is 0 Å². The number of halogens is 1. The molecule has 0 saturated heterocycles. The van der Waals surface area contributed by atoms with E-state index in [4.69, 9.17) is 9.97 Å². The third-order valence-electron chi connectivity index (χ3n) is 6.83. The summed E-state index contributed by atoms with van der Waals surface area (Å²) in [5.74, 6) is 0. The molecule has 0 spiro atoms. The van der Waals surface area contributed by atoms with Crippen molar-refractivity contribution in [3.8, 4) is 33.0 Å². The number of carbonyl (C=O) groups excluding carboxylic acids is 1. The van der Waals surface area contributed by atoms with Crippen molar-refractivity contribution >= 4 is 44.6 Å². The zero-order chi connectivity index (χ0) is 27.2. The van der Waals surface area contributed by atoms with Crippen molar-refractivity contribution in [1.29, 1.82) is 0 Å². The van der Waals surface area contributed by atoms with Crippen LogP contribution in [0.2, 0.25) is 0 Å². The molecule has 0 aliphatic carbocycles. The maximum absolute atomic E-state index is 11.4. The van der Waals surface area contributed by atoms with Crippen molar-refractivity contribution in [3.63, 3.8) is 0 Å². The van der Waals surface area contributed by atoms with Crippen molar-refractivity contribution in [3.05, 3.63) is 93.3 Å². The maximum Gasteiger partial charge on any atom is 0.160 e. The number of aromatic nitrogens is 2. The van der Waals surface area contributed by atoms with E-state index in [1.807, 2.05) is 24.3 Å². The van der Waals surface area contributed by atoms with E-state index < -0.39 is 0 Å². The molecule has 5 heteroatoms. The zero-order valence-electron chi connectivity index (χ0n) is 22.6. The number of thiophene rings is 1. The fourth-order valence-corrected chi connectivity index (χ4v) is 5.78. The quantitative estimate of drug-likeness (QED) is 0.198. The zero-order valence-corrected chi connectivity index (χ0v) is 25.0. The third kappa shape index (κ3) is 5.10. The first-order chi connectivity index (χ1) is 18.0. The molecule has 0 aliphatic heterocycles. The van der Waals surface area contributed by atoms with Gasteiger partial charge in [-0.25, -0.2) is 9.97 Å². The van der Waals surface area contributed by atoms with Gasteiger partial charge in [0.2, 0.25) is 0 Å². The highest BCUT2D eigenvalue weighted by atomic mass is 79.9. The molecule has 38 heavy (non-hydrogen) atoms. The van der Waals surface area contributed by atoms with Crippen molar-refractivity contribution in [2.45, 2.75) is 52.4 Å². The normalized spacial score (nSPS) is 12.2. The molecule has 5 aromatic rings. The second kappa shape index (κ2) is 9.87. The van der Waals surface area contributed by atoms with E-state index in [9.17, 15) is 4.79 Å². The van der Waals surface area contributed by atoms with Crippen LogP contribution in [-0.4, -0.2) is 16.3 Å². The largest absolute Gasteiger partial charge is 0.297 e. The molecule has 0 N–H and O–H groups in total. The maximum atomic E-state index is 11.4. The number of hydrogen-bond donors (Lipinski definition) is 0. The number of benzene rings is 3. The van der Waals surface area contributed by atoms with Gasteiger partial charge in [-0.15, -0.1) is 11.3 Å². The molecule has 5 rings (SSSR count). The summed E-state index contributed by atoms with van der Waals surface area (Å²) < 4.78 is 0.887. The fraction of sp³-hybridized carbons (Fsp3) is 0.242. The van der Waals surface area contributed by atoms with Crippen LogP contribution in [0.3, 0.4) is 0 Å². The average molecular weight is 584 g/mol. The molecule has 2 heterocycles. The summed E-state index contributed by atoms with van der Waals surface area (Å²) in [5, 5.41) is 0. The number of carbonyl (C=O) groups is 1. The minimum absolute atomic E-state index is 0.0622. The molecule has 2 aromatic heterocycles. The molecule has 0 atom stereocenters. The van der Waals surface area contributed by atoms with Crippen LogP contribution in [0, 0.1) is 0 Å². The Bertz CT molecular complexity index is 1640. The van der Waals surface area contributed by atoms with Gasteiger partial charge < -0.3 is 0 Å². The molecule has 192 valence electrons. The van der Waals surface area contributed by atoms with Crippen LogP contribution in [0.15, 0.2) is 77.3 Å². The lowest BCUT2D eigenvalue weighted by atomic mass is 9.85. The summed E-state index contributed by atoms with van der Waals surface area (Å²) in [6, 6.07) is 25.2. The van der Waals surface area contributed by atoms with Gasteiger partial charge in [-0.1, -0.05) is 96.1 Å². The van der Waals surface area contributed by atoms with Crippen LogP contribution >= 0.6 is 27.3 Å². The first-order valence-electron chi connectivity index (χ1n) is 12.7. The van der Waals surface area contributed by atoms with Gasteiger partial charge in [0.25, 0.3) is 0 Å². The average Bonchev–Trinajstić information content (AvgIpc) is 3.37. The smallest absolute Gasteiger partial charge is 0.160 e. The Morgan fingerprint density at radius 1 is 0.658 bits per heavy atom. The number of fused-ring (bicyclic) bond motifs is 1. The second-order valence-corrected chi connectivity index (χ2v) is 13.7. The molecule has 0 saturated carbocycles. The highest BCUT2D eigenvalue weighted by Crippen LogP contribution is 2.39. The highest BCUT2D eigenvalue weighted by molar-refractivity contribution is 9.10. The minimum atomic E-state index is 0.0622. The Morgan fingerprint density at radius 3 is 1.61 bits per heavy atom. The summed E-state index contributed by atoms with van der Waals surface area (Å²) in [5.41, 5.74) is 8.99. The topological polar surface area (TPSA) is 42.9 Å². The molecule has 0 amide bonds. The van der Waals surface area contributed by atoms with Gasteiger partial charge in [0, 0.05) is 26.0 Å². The van der Waals surface area contributed by atoms with Crippen LogP contribution in [0.4, 0.5) is 0 Å². The van der Waals surface area contributed by atoms with E-state index in [0.29, 0.717) is 4.88 Å². The predicted octanol–water partition coefficient (Wildman–Crippen LogP) is 9.86. The number of aldehydes is 1. The number of rotatable bonds is 4. The van der Waals surface area contributed by atoms with Gasteiger partial charge in [-0.2, -0.15) is 0 Å². The van der Waals surface area contributed by atoms with Crippen molar-refractivity contribution < 1.29 is 4.79 Å². The Balaban J connectivity index is 1.77. The van der Waals surface area contributed by atoms with Crippen LogP contribution < -0.4 is 0 Å². The summed E-state index contributed by atoms with van der Waals surface area (Å²) in [6.07, 6.45) is 0.891. The molecule has 0 bridgehead atoms. The lowest BCUT2D eigenvalue weighted by Gasteiger charge is -2.20. The van der Waals surface area contributed by atoms with E-state index in [1.165, 1.54) is 22.5 Å². The van der Waals surface area contributed by atoms with Gasteiger partial charge in [-0.3, -0.25) is 4.79 Å². The Morgan fingerprint density at radius 2 is 1.16 bits per heavy atom. The van der Waals surface area contributed by atoms with Gasteiger partial charge in [0.15, 0.2) is 6.29 Å². The fourth-order valence-electron chi connectivity index (χ4n) is 4.52. The molecule has 0 radical (unpaired) electrons. The van der Waals surface area contributed by atoms with Crippen molar-refractivity contribution in [2.75, 3.05) is 0 Å². The first kappa shape index (κ1) is 26.5. The lowest BCUT2D eigenvalue weighted by molar-refractivity contribution is 0.112. The summed E-state index contributed by atoms with van der Waals surface area (Å²) in [7, 11) is 0. The van der Waals surface area contributed by atoms with Gasteiger partial charge in [-0.05, 0) is 56.1 Å². The Kier molecular flexibility index (Phi) is 6.87. The SMILES string of the molecule is CC(C)(C)c1ccc(-c2nc3c(Br)ccc(-c4ccc(C=O)s4)c3nc2-c2ccc(C(C)(C)C)cc2)cc1. The third-order valence-corrected chi connectivity index (χ3v) is 8.51. The second-order valence-electron chi connectivity index (χ2n) is 11.7. The monoisotopic (exact) mass is 582 g/mol. The standard InChI is InChI=1S/C33H31BrN2OS/c1-32(2,3)22-11-7-20(8-12-22)28-29(21-9-13-23(14-10-21)33(4,5)6)36-31-26(34)17-16-25(30(31)35-28)27-18-15-24(19-37)38-27/h7-19H,1-6H3. The van der Waals surface area contributed by atoms with E-state index >= 15 is 0 Å². The number of hydrogen-bond acceptors (Lipinski definition) is 4. The molecular weight excluding hydrogens is 552 g/mol. The summed E-state index contributed by atoms with van der Waals surface area (Å²) in [6.45, 7) is 13.3. The molecule has 0 fully saturated rings. The lowest BCUT2D eigenvalue weighted by Crippen LogP contribution is -2.10. The van der Waals surface area contributed by atoms with Crippen molar-refractivity contribution in [1.82, 2.24) is 9.97 Å². The molecule has 0 unspecified atom stereocenters. The van der Waals surface area contributed by atoms with Crippen LogP contribution in [-0.2, 0) is 10.8 Å². The van der Waals surface area contributed by atoms with Gasteiger partial charge in [0.05, 0.1) is 21.8 Å². The molecule has 3 aromatic carbocycles. The van der Waals surface area contributed by atoms with Crippen LogP contribution in [0.25, 0.3) is 44.0 Å². The Labute approximate surface area is 237 Å². The van der Waals surface area contributed by atoms with E-state index in [-0.39, 0.29) is 10.8 Å². The van der Waals surface area contributed by atoms with E-state index in [0.717, 1.165) is 54.7 Å². The van der Waals surface area contributed by atoms with Crippen LogP contribution in [0.1, 0.15) is 62.3 Å². The predicted molar refractivity (Wildman–Crippen MR) is 164 cm³/mol.